The van der Waals surface area contributed by atoms with Gasteiger partial charge in [0.15, 0.2) is 5.78 Å². The second-order valence-electron chi connectivity index (χ2n) is 8.44. The molecule has 21 heavy (non-hydrogen) atoms. The molecule has 5 rings (SSSR count). The highest BCUT2D eigenvalue weighted by Crippen LogP contribution is 2.80. The number of aliphatic hydroxyl groups excluding tert-OH is 1. The molecule has 2 nitrogen and oxygen atoms in total. The molecule has 0 bridgehead atoms. The van der Waals surface area contributed by atoms with Gasteiger partial charge in [-0.2, -0.15) is 0 Å². The van der Waals surface area contributed by atoms with E-state index in [1.807, 2.05) is 0 Å². The number of aliphatic hydroxyl groups is 1. The minimum Gasteiger partial charge on any atom is -0.385 e. The van der Waals surface area contributed by atoms with Crippen LogP contribution in [0.25, 0.3) is 0 Å². The number of hydrogen-bond acceptors (Lipinski definition) is 2. The Labute approximate surface area is 126 Å². The highest BCUT2D eigenvalue weighted by atomic mass is 16.3. The van der Waals surface area contributed by atoms with Crippen molar-refractivity contribution in [1.29, 1.82) is 0 Å². The Morgan fingerprint density at radius 3 is 3.00 bits per heavy atom. The van der Waals surface area contributed by atoms with Gasteiger partial charge in [0.25, 0.3) is 0 Å². The fourth-order valence-electron chi connectivity index (χ4n) is 6.58. The van der Waals surface area contributed by atoms with Crippen LogP contribution in [0, 0.1) is 22.7 Å². The number of ketones is 1. The molecule has 2 fully saturated rings. The van der Waals surface area contributed by atoms with Crippen molar-refractivity contribution >= 4 is 5.78 Å². The van der Waals surface area contributed by atoms with Gasteiger partial charge in [-0.1, -0.05) is 18.6 Å². The van der Waals surface area contributed by atoms with Crippen LogP contribution in [-0.2, 0) is 4.79 Å². The van der Waals surface area contributed by atoms with Gasteiger partial charge >= 0.3 is 0 Å². The van der Waals surface area contributed by atoms with Gasteiger partial charge in [0.05, 0.1) is 0 Å². The molecule has 112 valence electrons. The van der Waals surface area contributed by atoms with Crippen molar-refractivity contribution in [3.8, 4) is 0 Å². The van der Waals surface area contributed by atoms with Crippen molar-refractivity contribution in [2.45, 2.75) is 64.4 Å². The van der Waals surface area contributed by atoms with Crippen LogP contribution in [0.5, 0.6) is 0 Å². The Kier molecular flexibility index (Phi) is 2.23. The third-order valence-electron chi connectivity index (χ3n) is 7.76. The SMILES string of the molecule is C[C@]12CC=C3C4=C(CC[C@H]3[C@@]13C[C@H]3CC2)CC(=O)C(O)C4. The van der Waals surface area contributed by atoms with Crippen molar-refractivity contribution in [2.24, 2.45) is 22.7 Å². The number of carbonyl (C=O) groups excluding carboxylic acids is 1. The van der Waals surface area contributed by atoms with Crippen LogP contribution in [-0.4, -0.2) is 17.0 Å². The maximum absolute atomic E-state index is 11.8. The molecule has 1 N–H and O–H groups in total. The molecule has 0 aromatic heterocycles. The van der Waals surface area contributed by atoms with E-state index in [1.165, 1.54) is 43.3 Å². The van der Waals surface area contributed by atoms with Gasteiger partial charge in [-0.15, -0.1) is 0 Å². The second kappa shape index (κ2) is 3.71. The van der Waals surface area contributed by atoms with Crippen molar-refractivity contribution in [3.63, 3.8) is 0 Å². The van der Waals surface area contributed by atoms with E-state index >= 15 is 0 Å². The summed E-state index contributed by atoms with van der Waals surface area (Å²) in [5, 5.41) is 10.0. The first kappa shape index (κ1) is 12.6. The van der Waals surface area contributed by atoms with Crippen LogP contribution in [0.1, 0.15) is 58.3 Å². The summed E-state index contributed by atoms with van der Waals surface area (Å²) in [6.45, 7) is 2.52. The van der Waals surface area contributed by atoms with Crippen LogP contribution in [0.2, 0.25) is 0 Å². The van der Waals surface area contributed by atoms with Gasteiger partial charge < -0.3 is 5.11 Å². The monoisotopic (exact) mass is 284 g/mol. The normalized spacial score (nSPS) is 50.9. The Morgan fingerprint density at radius 2 is 2.19 bits per heavy atom. The lowest BCUT2D eigenvalue weighted by atomic mass is 9.56. The molecule has 0 aromatic rings. The predicted octanol–water partition coefficient (Wildman–Crippen LogP) is 3.55. The molecule has 0 aliphatic heterocycles. The summed E-state index contributed by atoms with van der Waals surface area (Å²) in [6, 6.07) is 0. The third-order valence-corrected chi connectivity index (χ3v) is 7.76. The average molecular weight is 284 g/mol. The molecular weight excluding hydrogens is 260 g/mol. The van der Waals surface area contributed by atoms with Crippen LogP contribution in [0.4, 0.5) is 0 Å². The average Bonchev–Trinajstić information content (AvgIpc) is 3.12. The molecule has 0 amide bonds. The summed E-state index contributed by atoms with van der Waals surface area (Å²) < 4.78 is 0. The summed E-state index contributed by atoms with van der Waals surface area (Å²) in [7, 11) is 0. The molecule has 0 saturated heterocycles. The van der Waals surface area contributed by atoms with E-state index in [4.69, 9.17) is 0 Å². The molecule has 1 spiro atoms. The molecule has 2 saturated carbocycles. The number of rotatable bonds is 0. The fraction of sp³-hybridized carbons (Fsp3) is 0.737. The largest absolute Gasteiger partial charge is 0.385 e. The van der Waals surface area contributed by atoms with Crippen LogP contribution >= 0.6 is 0 Å². The van der Waals surface area contributed by atoms with E-state index in [2.05, 4.69) is 13.0 Å². The second-order valence-corrected chi connectivity index (χ2v) is 8.44. The molecule has 0 radical (unpaired) electrons. The first-order valence-electron chi connectivity index (χ1n) is 8.67. The lowest BCUT2D eigenvalue weighted by Crippen LogP contribution is -2.40. The van der Waals surface area contributed by atoms with Gasteiger partial charge in [0.1, 0.15) is 6.10 Å². The Morgan fingerprint density at radius 1 is 1.33 bits per heavy atom. The van der Waals surface area contributed by atoms with E-state index < -0.39 is 6.10 Å². The Bertz CT molecular complexity index is 613. The minimum atomic E-state index is -0.743. The van der Waals surface area contributed by atoms with Gasteiger partial charge in [-0.05, 0) is 72.3 Å². The van der Waals surface area contributed by atoms with Gasteiger partial charge in [0.2, 0.25) is 0 Å². The lowest BCUT2D eigenvalue weighted by molar-refractivity contribution is -0.127. The first-order valence-corrected chi connectivity index (χ1v) is 8.67. The minimum absolute atomic E-state index is 0.0387. The van der Waals surface area contributed by atoms with E-state index in [9.17, 15) is 9.90 Å². The summed E-state index contributed by atoms with van der Waals surface area (Å²) in [5.41, 5.74) is 5.40. The van der Waals surface area contributed by atoms with E-state index in [-0.39, 0.29) is 5.78 Å². The van der Waals surface area contributed by atoms with E-state index in [0.29, 0.717) is 23.7 Å². The topological polar surface area (TPSA) is 37.3 Å². The molecule has 5 atom stereocenters. The highest BCUT2D eigenvalue weighted by Gasteiger charge is 2.72. The van der Waals surface area contributed by atoms with Gasteiger partial charge in [-0.25, -0.2) is 0 Å². The lowest BCUT2D eigenvalue weighted by Gasteiger charge is -2.48. The zero-order chi connectivity index (χ0) is 14.4. The number of hydrogen-bond donors (Lipinski definition) is 1. The number of fused-ring (bicyclic) bond motifs is 2. The van der Waals surface area contributed by atoms with E-state index in [1.54, 1.807) is 5.57 Å². The standard InChI is InChI=1S/C19H24O2/c1-18-6-4-12-10-19(12,18)15-3-2-11-8-16(20)17(21)9-14(11)13(15)5-7-18/h5,12,15,17,21H,2-4,6-10H2,1H3/t12-,15-,17?,18+,19+/m1/s1. The summed E-state index contributed by atoms with van der Waals surface area (Å²) >= 11 is 0. The molecule has 5 aliphatic rings. The van der Waals surface area contributed by atoms with Crippen molar-refractivity contribution in [3.05, 3.63) is 22.8 Å². The molecule has 1 unspecified atom stereocenters. The summed E-state index contributed by atoms with van der Waals surface area (Å²) in [4.78, 5) is 11.8. The molecule has 0 aromatic carbocycles. The molecular formula is C19H24O2. The smallest absolute Gasteiger partial charge is 0.165 e. The van der Waals surface area contributed by atoms with Crippen molar-refractivity contribution in [1.82, 2.24) is 0 Å². The van der Waals surface area contributed by atoms with Gasteiger partial charge in [-0.3, -0.25) is 4.79 Å². The zero-order valence-corrected chi connectivity index (χ0v) is 12.8. The molecule has 5 aliphatic carbocycles. The van der Waals surface area contributed by atoms with Crippen LogP contribution in [0.3, 0.4) is 0 Å². The molecule has 0 heterocycles. The van der Waals surface area contributed by atoms with Crippen molar-refractivity contribution in [2.75, 3.05) is 0 Å². The van der Waals surface area contributed by atoms with Crippen molar-refractivity contribution < 1.29 is 9.90 Å². The van der Waals surface area contributed by atoms with Gasteiger partial charge in [0, 0.05) is 12.8 Å². The highest BCUT2D eigenvalue weighted by molar-refractivity contribution is 5.87. The maximum Gasteiger partial charge on any atom is 0.165 e. The Hall–Kier alpha value is -0.890. The number of Topliss-reactive ketones (excluding diaryl/α,β-unsaturated/α-hetero) is 1. The number of allylic oxidation sites excluding steroid dienone is 3. The summed E-state index contributed by atoms with van der Waals surface area (Å²) in [5.74, 6) is 1.73. The summed E-state index contributed by atoms with van der Waals surface area (Å²) in [6.07, 6.45) is 10.7. The van der Waals surface area contributed by atoms with E-state index in [0.717, 1.165) is 18.3 Å². The van der Waals surface area contributed by atoms with Crippen LogP contribution < -0.4 is 0 Å². The first-order chi connectivity index (χ1) is 10.1. The zero-order valence-electron chi connectivity index (χ0n) is 12.8. The maximum atomic E-state index is 11.8. The fourth-order valence-corrected chi connectivity index (χ4v) is 6.58. The Balaban J connectivity index is 1.60. The molecule has 2 heteroatoms. The third kappa shape index (κ3) is 1.36. The quantitative estimate of drug-likeness (QED) is 0.738. The predicted molar refractivity (Wildman–Crippen MR) is 80.6 cm³/mol. The number of carbonyl (C=O) groups is 1. The van der Waals surface area contributed by atoms with Crippen LogP contribution in [0.15, 0.2) is 22.8 Å².